The van der Waals surface area contributed by atoms with E-state index in [0.29, 0.717) is 16.7 Å². The van der Waals surface area contributed by atoms with Crippen LogP contribution in [0, 0.1) is 5.82 Å². The molecule has 4 rings (SSSR count). The van der Waals surface area contributed by atoms with E-state index in [2.05, 4.69) is 10.1 Å². The van der Waals surface area contributed by atoms with Gasteiger partial charge in [-0.25, -0.2) is 4.39 Å². The molecule has 8 heteroatoms. The second-order valence-electron chi connectivity index (χ2n) is 5.96. The third-order valence-electron chi connectivity index (χ3n) is 4.22. The lowest BCUT2D eigenvalue weighted by molar-refractivity contribution is -0.117. The maximum absolute atomic E-state index is 14.1. The predicted molar refractivity (Wildman–Crippen MR) is 95.9 cm³/mol. The molecule has 132 valence electrons. The Hall–Kier alpha value is -2.44. The lowest BCUT2D eigenvalue weighted by atomic mass is 10.1. The Morgan fingerprint density at radius 1 is 1.12 bits per heavy atom. The highest BCUT2D eigenvalue weighted by atomic mass is 35.5. The molecule has 2 aromatic carbocycles. The van der Waals surface area contributed by atoms with Crippen molar-refractivity contribution in [3.05, 3.63) is 64.2 Å². The molecule has 0 radical (unpaired) electrons. The summed E-state index contributed by atoms with van der Waals surface area (Å²) in [5.74, 6) is -0.284. The molecule has 5 nitrogen and oxygen atoms in total. The minimum Gasteiger partial charge on any atom is -0.339 e. The average Bonchev–Trinajstić information content (AvgIpc) is 3.23. The summed E-state index contributed by atoms with van der Waals surface area (Å²) < 4.78 is 19.4. The molecule has 1 atom stereocenters. The van der Waals surface area contributed by atoms with E-state index in [-0.39, 0.29) is 35.5 Å². The first kappa shape index (κ1) is 17.0. The molecule has 1 aliphatic heterocycles. The topological polar surface area (TPSA) is 59.2 Å². The van der Waals surface area contributed by atoms with E-state index >= 15 is 0 Å². The normalized spacial score (nSPS) is 17.1. The summed E-state index contributed by atoms with van der Waals surface area (Å²) in [5.41, 5.74) is 0.952. The molecular formula is C18H12Cl2FN3O2. The summed E-state index contributed by atoms with van der Waals surface area (Å²) in [6.45, 7) is 0.264. The molecule has 1 aromatic heterocycles. The molecule has 1 amide bonds. The molecular weight excluding hydrogens is 380 g/mol. The number of hydrogen-bond donors (Lipinski definition) is 0. The highest BCUT2D eigenvalue weighted by molar-refractivity contribution is 6.31. The summed E-state index contributed by atoms with van der Waals surface area (Å²) in [5, 5.41) is 4.85. The number of halogens is 3. The number of benzene rings is 2. The Bertz CT molecular complexity index is 975. The standard InChI is InChI=1S/C18H12Cl2FN3O2/c19-12-3-1-10(2-4-12)17-22-18(26-23-17)11-7-16(25)24(9-11)15-6-5-13(20)8-14(15)21/h1-6,8,11H,7,9H2. The van der Waals surface area contributed by atoms with Crippen LogP contribution in [0.25, 0.3) is 11.4 Å². The van der Waals surface area contributed by atoms with E-state index in [1.54, 1.807) is 30.3 Å². The number of nitrogens with zero attached hydrogens (tertiary/aromatic N) is 3. The van der Waals surface area contributed by atoms with Crippen LogP contribution in [-0.2, 0) is 4.79 Å². The molecule has 0 spiro atoms. The first-order chi connectivity index (χ1) is 12.5. The number of hydrogen-bond acceptors (Lipinski definition) is 4. The van der Waals surface area contributed by atoms with Crippen molar-refractivity contribution in [1.29, 1.82) is 0 Å². The van der Waals surface area contributed by atoms with E-state index in [1.807, 2.05) is 0 Å². The van der Waals surface area contributed by atoms with Gasteiger partial charge in [-0.05, 0) is 42.5 Å². The molecule has 1 unspecified atom stereocenters. The SMILES string of the molecule is O=C1CC(c2nc(-c3ccc(Cl)cc3)no2)CN1c1ccc(Cl)cc1F. The van der Waals surface area contributed by atoms with Crippen LogP contribution in [0.4, 0.5) is 10.1 Å². The van der Waals surface area contributed by atoms with Gasteiger partial charge in [0.05, 0.1) is 11.6 Å². The second kappa shape index (κ2) is 6.70. The van der Waals surface area contributed by atoms with Crippen LogP contribution in [0.5, 0.6) is 0 Å². The number of amides is 1. The van der Waals surface area contributed by atoms with Crippen LogP contribution in [0.3, 0.4) is 0 Å². The fraction of sp³-hybridized carbons (Fsp3) is 0.167. The summed E-state index contributed by atoms with van der Waals surface area (Å²) in [6, 6.07) is 11.3. The van der Waals surface area contributed by atoms with Gasteiger partial charge in [-0.1, -0.05) is 28.4 Å². The molecule has 0 bridgehead atoms. The average molecular weight is 392 g/mol. The van der Waals surface area contributed by atoms with Crippen LogP contribution in [0.15, 0.2) is 47.0 Å². The van der Waals surface area contributed by atoms with Crippen molar-refractivity contribution < 1.29 is 13.7 Å². The van der Waals surface area contributed by atoms with Gasteiger partial charge >= 0.3 is 0 Å². The van der Waals surface area contributed by atoms with Crippen molar-refractivity contribution in [3.63, 3.8) is 0 Å². The van der Waals surface area contributed by atoms with Gasteiger partial charge in [0, 0.05) is 28.6 Å². The summed E-state index contributed by atoms with van der Waals surface area (Å²) in [6.07, 6.45) is 0.171. The van der Waals surface area contributed by atoms with Gasteiger partial charge < -0.3 is 9.42 Å². The summed E-state index contributed by atoms with van der Waals surface area (Å²) >= 11 is 11.6. The zero-order valence-corrected chi connectivity index (χ0v) is 14.8. The number of aromatic nitrogens is 2. The van der Waals surface area contributed by atoms with Gasteiger partial charge in [0.25, 0.3) is 0 Å². The number of rotatable bonds is 3. The molecule has 0 N–H and O–H groups in total. The van der Waals surface area contributed by atoms with E-state index in [4.69, 9.17) is 27.7 Å². The fourth-order valence-corrected chi connectivity index (χ4v) is 3.21. The number of anilines is 1. The minimum atomic E-state index is -0.543. The van der Waals surface area contributed by atoms with E-state index in [1.165, 1.54) is 17.0 Å². The monoisotopic (exact) mass is 391 g/mol. The molecule has 1 fully saturated rings. The Morgan fingerprint density at radius 3 is 2.58 bits per heavy atom. The van der Waals surface area contributed by atoms with Gasteiger partial charge in [-0.15, -0.1) is 0 Å². The van der Waals surface area contributed by atoms with Gasteiger partial charge in [0.2, 0.25) is 17.6 Å². The third kappa shape index (κ3) is 3.18. The molecule has 0 saturated carbocycles. The first-order valence-electron chi connectivity index (χ1n) is 7.86. The zero-order valence-electron chi connectivity index (χ0n) is 13.3. The molecule has 26 heavy (non-hydrogen) atoms. The van der Waals surface area contributed by atoms with Gasteiger partial charge in [-0.3, -0.25) is 4.79 Å². The lowest BCUT2D eigenvalue weighted by Crippen LogP contribution is -2.25. The fourth-order valence-electron chi connectivity index (χ4n) is 2.92. The van der Waals surface area contributed by atoms with Crippen LogP contribution in [-0.4, -0.2) is 22.6 Å². The highest BCUT2D eigenvalue weighted by Crippen LogP contribution is 2.34. The largest absolute Gasteiger partial charge is 0.339 e. The van der Waals surface area contributed by atoms with E-state index in [9.17, 15) is 9.18 Å². The van der Waals surface area contributed by atoms with Crippen LogP contribution in [0.1, 0.15) is 18.2 Å². The molecule has 1 saturated heterocycles. The van der Waals surface area contributed by atoms with E-state index < -0.39 is 5.82 Å². The van der Waals surface area contributed by atoms with Gasteiger partial charge in [-0.2, -0.15) is 4.98 Å². The smallest absolute Gasteiger partial charge is 0.232 e. The predicted octanol–water partition coefficient (Wildman–Crippen LogP) is 4.70. The Morgan fingerprint density at radius 2 is 1.85 bits per heavy atom. The quantitative estimate of drug-likeness (QED) is 0.648. The number of carbonyl (C=O) groups excluding carboxylic acids is 1. The van der Waals surface area contributed by atoms with Gasteiger partial charge in [0.15, 0.2) is 0 Å². The number of carbonyl (C=O) groups is 1. The lowest BCUT2D eigenvalue weighted by Gasteiger charge is -2.16. The molecule has 1 aliphatic rings. The van der Waals surface area contributed by atoms with Crippen molar-refractivity contribution in [1.82, 2.24) is 10.1 Å². The van der Waals surface area contributed by atoms with Crippen molar-refractivity contribution in [3.8, 4) is 11.4 Å². The van der Waals surface area contributed by atoms with Crippen molar-refractivity contribution in [2.45, 2.75) is 12.3 Å². The van der Waals surface area contributed by atoms with Gasteiger partial charge in [0.1, 0.15) is 5.82 Å². The van der Waals surface area contributed by atoms with Crippen molar-refractivity contribution >= 4 is 34.8 Å². The Balaban J connectivity index is 1.56. The van der Waals surface area contributed by atoms with Crippen molar-refractivity contribution in [2.24, 2.45) is 0 Å². The molecule has 2 heterocycles. The second-order valence-corrected chi connectivity index (χ2v) is 6.84. The van der Waals surface area contributed by atoms with Crippen LogP contribution in [0.2, 0.25) is 10.0 Å². The maximum Gasteiger partial charge on any atom is 0.232 e. The molecule has 0 aliphatic carbocycles. The minimum absolute atomic E-state index is 0.171. The first-order valence-corrected chi connectivity index (χ1v) is 8.62. The maximum atomic E-state index is 14.1. The van der Waals surface area contributed by atoms with Crippen LogP contribution < -0.4 is 4.90 Å². The summed E-state index contributed by atoms with van der Waals surface area (Å²) in [7, 11) is 0. The van der Waals surface area contributed by atoms with Crippen molar-refractivity contribution in [2.75, 3.05) is 11.4 Å². The van der Waals surface area contributed by atoms with Crippen LogP contribution >= 0.6 is 23.2 Å². The Labute approximate surface area is 158 Å². The third-order valence-corrected chi connectivity index (χ3v) is 4.71. The Kier molecular flexibility index (Phi) is 4.38. The summed E-state index contributed by atoms with van der Waals surface area (Å²) in [4.78, 5) is 18.1. The molecule has 3 aromatic rings. The zero-order chi connectivity index (χ0) is 18.3. The highest BCUT2D eigenvalue weighted by Gasteiger charge is 2.36. The van der Waals surface area contributed by atoms with E-state index in [0.717, 1.165) is 5.56 Å².